The number of likely N-dealkylation sites (N-methyl/N-ethyl adjacent to an activating group) is 1. The maximum Gasteiger partial charge on any atom is 0.222 e. The van der Waals surface area contributed by atoms with Crippen LogP contribution in [0.5, 0.6) is 0 Å². The second-order valence-electron chi connectivity index (χ2n) is 4.52. The van der Waals surface area contributed by atoms with Gasteiger partial charge in [-0.2, -0.15) is 0 Å². The number of carbonyl (C=O) groups excluding carboxylic acids is 1. The monoisotopic (exact) mass is 229 g/mol. The molecule has 0 saturated carbocycles. The van der Waals surface area contributed by atoms with Crippen molar-refractivity contribution in [2.24, 2.45) is 0 Å². The lowest BCUT2D eigenvalue weighted by Crippen LogP contribution is -2.43. The van der Waals surface area contributed by atoms with Gasteiger partial charge in [0.25, 0.3) is 0 Å². The van der Waals surface area contributed by atoms with E-state index in [0.717, 1.165) is 13.1 Å². The molecule has 0 aliphatic carbocycles. The fourth-order valence-electron chi connectivity index (χ4n) is 1.47. The molecule has 0 aromatic carbocycles. The maximum atomic E-state index is 11.6. The Morgan fingerprint density at radius 3 is 2.94 bits per heavy atom. The molecule has 1 rings (SSSR count). The summed E-state index contributed by atoms with van der Waals surface area (Å²) in [5.74, 6) is 0.0717. The van der Waals surface area contributed by atoms with E-state index in [9.17, 15) is 4.79 Å². The van der Waals surface area contributed by atoms with Gasteiger partial charge in [-0.3, -0.25) is 4.79 Å². The van der Waals surface area contributed by atoms with E-state index in [2.05, 4.69) is 22.5 Å². The third kappa shape index (κ3) is 4.92. The maximum absolute atomic E-state index is 11.6. The van der Waals surface area contributed by atoms with Crippen molar-refractivity contribution in [3.63, 3.8) is 0 Å². The number of hydrogen-bond acceptors (Lipinski definition) is 4. The van der Waals surface area contributed by atoms with Crippen LogP contribution in [0.2, 0.25) is 0 Å². The number of nitrogens with zero attached hydrogens (tertiary/aromatic N) is 1. The lowest BCUT2D eigenvalue weighted by molar-refractivity contribution is -0.124. The van der Waals surface area contributed by atoms with Crippen LogP contribution < -0.4 is 10.6 Å². The summed E-state index contributed by atoms with van der Waals surface area (Å²) in [6.45, 7) is 5.13. The van der Waals surface area contributed by atoms with Gasteiger partial charge in [0, 0.05) is 25.7 Å². The second kappa shape index (κ2) is 6.83. The molecule has 1 amide bonds. The van der Waals surface area contributed by atoms with Crippen LogP contribution in [0.15, 0.2) is 0 Å². The Kier molecular flexibility index (Phi) is 5.73. The van der Waals surface area contributed by atoms with Crippen LogP contribution in [-0.4, -0.2) is 63.3 Å². The van der Waals surface area contributed by atoms with E-state index in [4.69, 9.17) is 4.74 Å². The molecule has 2 atom stereocenters. The van der Waals surface area contributed by atoms with Crippen molar-refractivity contribution in [1.82, 2.24) is 15.5 Å². The molecule has 2 unspecified atom stereocenters. The van der Waals surface area contributed by atoms with Crippen LogP contribution in [0.3, 0.4) is 0 Å². The van der Waals surface area contributed by atoms with E-state index < -0.39 is 0 Å². The highest BCUT2D eigenvalue weighted by Crippen LogP contribution is 2.01. The lowest BCUT2D eigenvalue weighted by atomic mass is 10.2. The Balaban J connectivity index is 2.14. The number of rotatable bonds is 5. The molecule has 0 aromatic heterocycles. The SMILES string of the molecule is CC(CNC(=O)CC1CNCCO1)N(C)C. The normalized spacial score (nSPS) is 23.1. The van der Waals surface area contributed by atoms with Gasteiger partial charge >= 0.3 is 0 Å². The number of hydrogen-bond donors (Lipinski definition) is 2. The third-order valence-electron chi connectivity index (χ3n) is 2.89. The first-order valence-electron chi connectivity index (χ1n) is 5.85. The van der Waals surface area contributed by atoms with Crippen LogP contribution in [0.1, 0.15) is 13.3 Å². The molecule has 94 valence electrons. The number of carbonyl (C=O) groups is 1. The van der Waals surface area contributed by atoms with Gasteiger partial charge in [-0.15, -0.1) is 0 Å². The standard InChI is InChI=1S/C11H23N3O2/c1-9(14(2)3)7-13-11(15)6-10-8-12-4-5-16-10/h9-10,12H,4-8H2,1-3H3,(H,13,15). The van der Waals surface area contributed by atoms with Gasteiger partial charge in [-0.25, -0.2) is 0 Å². The summed E-state index contributed by atoms with van der Waals surface area (Å²) >= 11 is 0. The molecular weight excluding hydrogens is 206 g/mol. The molecule has 1 saturated heterocycles. The van der Waals surface area contributed by atoms with Crippen molar-refractivity contribution in [3.05, 3.63) is 0 Å². The highest BCUT2D eigenvalue weighted by molar-refractivity contribution is 5.76. The minimum absolute atomic E-state index is 0.0309. The molecular formula is C11H23N3O2. The predicted octanol–water partition coefficient (Wildman–Crippen LogP) is -0.569. The highest BCUT2D eigenvalue weighted by atomic mass is 16.5. The fourth-order valence-corrected chi connectivity index (χ4v) is 1.47. The molecule has 0 bridgehead atoms. The van der Waals surface area contributed by atoms with Gasteiger partial charge in [0.1, 0.15) is 0 Å². The smallest absolute Gasteiger partial charge is 0.222 e. The average Bonchev–Trinajstić information content (AvgIpc) is 2.27. The van der Waals surface area contributed by atoms with Crippen LogP contribution in [-0.2, 0) is 9.53 Å². The van der Waals surface area contributed by atoms with E-state index in [1.807, 2.05) is 14.1 Å². The van der Waals surface area contributed by atoms with Crippen molar-refractivity contribution < 1.29 is 9.53 Å². The molecule has 0 spiro atoms. The summed E-state index contributed by atoms with van der Waals surface area (Å²) in [7, 11) is 4.01. The van der Waals surface area contributed by atoms with Gasteiger partial charge in [0.15, 0.2) is 0 Å². The highest BCUT2D eigenvalue weighted by Gasteiger charge is 2.17. The Labute approximate surface area is 97.5 Å². The zero-order valence-electron chi connectivity index (χ0n) is 10.5. The Hall–Kier alpha value is -0.650. The summed E-state index contributed by atoms with van der Waals surface area (Å²) in [6.07, 6.45) is 0.482. The van der Waals surface area contributed by atoms with E-state index in [0.29, 0.717) is 25.6 Å². The molecule has 5 heteroatoms. The number of amides is 1. The number of morpholine rings is 1. The Morgan fingerprint density at radius 2 is 2.38 bits per heavy atom. The van der Waals surface area contributed by atoms with Crippen LogP contribution in [0.25, 0.3) is 0 Å². The molecule has 0 aromatic rings. The van der Waals surface area contributed by atoms with Gasteiger partial charge in [0.2, 0.25) is 5.91 Å². The molecule has 5 nitrogen and oxygen atoms in total. The third-order valence-corrected chi connectivity index (χ3v) is 2.89. The van der Waals surface area contributed by atoms with Crippen molar-refractivity contribution >= 4 is 5.91 Å². The molecule has 1 aliphatic rings. The summed E-state index contributed by atoms with van der Waals surface area (Å²) in [5, 5.41) is 6.13. The largest absolute Gasteiger partial charge is 0.375 e. The molecule has 16 heavy (non-hydrogen) atoms. The van der Waals surface area contributed by atoms with E-state index in [1.165, 1.54) is 0 Å². The fraction of sp³-hybridized carbons (Fsp3) is 0.909. The minimum Gasteiger partial charge on any atom is -0.375 e. The minimum atomic E-state index is 0.0309. The van der Waals surface area contributed by atoms with Crippen molar-refractivity contribution in [3.8, 4) is 0 Å². The van der Waals surface area contributed by atoms with Crippen molar-refractivity contribution in [2.75, 3.05) is 40.3 Å². The summed E-state index contributed by atoms with van der Waals surface area (Å²) in [6, 6.07) is 0.356. The number of nitrogens with one attached hydrogen (secondary N) is 2. The quantitative estimate of drug-likeness (QED) is 0.663. The van der Waals surface area contributed by atoms with Crippen LogP contribution in [0, 0.1) is 0 Å². The van der Waals surface area contributed by atoms with Crippen molar-refractivity contribution in [2.45, 2.75) is 25.5 Å². The van der Waals surface area contributed by atoms with E-state index in [1.54, 1.807) is 0 Å². The van der Waals surface area contributed by atoms with E-state index in [-0.39, 0.29) is 12.0 Å². The first kappa shape index (κ1) is 13.4. The Morgan fingerprint density at radius 1 is 1.62 bits per heavy atom. The summed E-state index contributed by atoms with van der Waals surface area (Å²) < 4.78 is 5.47. The van der Waals surface area contributed by atoms with Crippen LogP contribution >= 0.6 is 0 Å². The average molecular weight is 229 g/mol. The van der Waals surface area contributed by atoms with Gasteiger partial charge in [0.05, 0.1) is 19.1 Å². The zero-order valence-corrected chi connectivity index (χ0v) is 10.5. The summed E-state index contributed by atoms with van der Waals surface area (Å²) in [5.41, 5.74) is 0. The lowest BCUT2D eigenvalue weighted by Gasteiger charge is -2.24. The van der Waals surface area contributed by atoms with Crippen molar-refractivity contribution in [1.29, 1.82) is 0 Å². The second-order valence-corrected chi connectivity index (χ2v) is 4.52. The topological polar surface area (TPSA) is 53.6 Å². The van der Waals surface area contributed by atoms with Gasteiger partial charge < -0.3 is 20.3 Å². The summed E-state index contributed by atoms with van der Waals surface area (Å²) in [4.78, 5) is 13.7. The van der Waals surface area contributed by atoms with Gasteiger partial charge in [-0.1, -0.05) is 0 Å². The van der Waals surface area contributed by atoms with Gasteiger partial charge in [-0.05, 0) is 21.0 Å². The van der Waals surface area contributed by atoms with Crippen LogP contribution in [0.4, 0.5) is 0 Å². The zero-order chi connectivity index (χ0) is 12.0. The molecule has 1 fully saturated rings. The first-order chi connectivity index (χ1) is 7.59. The molecule has 1 aliphatic heterocycles. The Bertz CT molecular complexity index is 215. The van der Waals surface area contributed by atoms with E-state index >= 15 is 0 Å². The molecule has 1 heterocycles. The molecule has 0 radical (unpaired) electrons. The molecule has 2 N–H and O–H groups in total. The predicted molar refractivity (Wildman–Crippen MR) is 63.4 cm³/mol. The number of ether oxygens (including phenoxy) is 1. The first-order valence-corrected chi connectivity index (χ1v) is 5.85.